The molecule has 2 heterocycles. The van der Waals surface area contributed by atoms with E-state index in [-0.39, 0.29) is 17.0 Å². The molecule has 0 aromatic rings. The predicted octanol–water partition coefficient (Wildman–Crippen LogP) is 2.68. The minimum Gasteiger partial charge on any atom is -0.313 e. The molecule has 0 radical (unpaired) electrons. The molecule has 2 aliphatic rings. The van der Waals surface area contributed by atoms with Crippen LogP contribution in [0.2, 0.25) is 0 Å². The highest BCUT2D eigenvalue weighted by atomic mass is 16.2. The van der Waals surface area contributed by atoms with Crippen LogP contribution in [0, 0.1) is 5.92 Å². The maximum Gasteiger partial charge on any atom is 0.227 e. The maximum atomic E-state index is 12.2. The molecule has 0 saturated carbocycles. The Kier molecular flexibility index (Phi) is 3.09. The Morgan fingerprint density at radius 1 is 1.22 bits per heavy atom. The van der Waals surface area contributed by atoms with Crippen LogP contribution in [0.15, 0.2) is 12.3 Å². The third kappa shape index (κ3) is 2.46. The van der Waals surface area contributed by atoms with Crippen LogP contribution >= 0.6 is 0 Å². The molecule has 2 saturated heterocycles. The van der Waals surface area contributed by atoms with Gasteiger partial charge in [-0.3, -0.25) is 4.79 Å². The highest BCUT2D eigenvalue weighted by molar-refractivity contribution is 5.82. The van der Waals surface area contributed by atoms with E-state index in [9.17, 15) is 4.79 Å². The maximum absolute atomic E-state index is 12.2. The van der Waals surface area contributed by atoms with Crippen molar-refractivity contribution in [2.75, 3.05) is 0 Å². The van der Waals surface area contributed by atoms with E-state index < -0.39 is 0 Å². The SMILES string of the molecule is C=C1C(C)CC(=O)N1C1CC(C)(C)NC(C)(C)C1. The molecule has 1 atom stereocenters. The summed E-state index contributed by atoms with van der Waals surface area (Å²) in [5.74, 6) is 0.560. The first-order chi connectivity index (χ1) is 8.11. The number of hydrogen-bond acceptors (Lipinski definition) is 2. The summed E-state index contributed by atoms with van der Waals surface area (Å²) in [5, 5.41) is 3.66. The van der Waals surface area contributed by atoms with Crippen molar-refractivity contribution >= 4 is 5.91 Å². The van der Waals surface area contributed by atoms with Crippen LogP contribution in [0.5, 0.6) is 0 Å². The number of nitrogens with zero attached hydrogens (tertiary/aromatic N) is 1. The fraction of sp³-hybridized carbons (Fsp3) is 0.800. The summed E-state index contributed by atoms with van der Waals surface area (Å²) in [6.07, 6.45) is 2.62. The average Bonchev–Trinajstić information content (AvgIpc) is 2.35. The number of allylic oxidation sites excluding steroid dienone is 1. The lowest BCUT2D eigenvalue weighted by atomic mass is 9.79. The van der Waals surface area contributed by atoms with E-state index in [1.54, 1.807) is 0 Å². The van der Waals surface area contributed by atoms with Gasteiger partial charge in [-0.1, -0.05) is 13.5 Å². The van der Waals surface area contributed by atoms with Gasteiger partial charge in [0, 0.05) is 35.2 Å². The van der Waals surface area contributed by atoms with Gasteiger partial charge < -0.3 is 10.2 Å². The Morgan fingerprint density at radius 3 is 2.11 bits per heavy atom. The number of piperidine rings is 1. The third-order valence-electron chi connectivity index (χ3n) is 4.16. The number of hydrogen-bond donors (Lipinski definition) is 1. The number of carbonyl (C=O) groups is 1. The van der Waals surface area contributed by atoms with E-state index in [2.05, 4.69) is 46.5 Å². The quantitative estimate of drug-likeness (QED) is 0.776. The van der Waals surface area contributed by atoms with Crippen molar-refractivity contribution in [3.63, 3.8) is 0 Å². The zero-order valence-corrected chi connectivity index (χ0v) is 12.3. The van der Waals surface area contributed by atoms with Crippen LogP contribution in [0.25, 0.3) is 0 Å². The molecule has 0 bridgehead atoms. The minimum absolute atomic E-state index is 0.0683. The Hall–Kier alpha value is -0.830. The summed E-state index contributed by atoms with van der Waals surface area (Å²) in [6.45, 7) is 15.1. The van der Waals surface area contributed by atoms with Gasteiger partial charge in [0.05, 0.1) is 0 Å². The molecule has 0 aromatic heterocycles. The average molecular weight is 250 g/mol. The minimum atomic E-state index is 0.0683. The molecule has 0 spiro atoms. The number of likely N-dealkylation sites (tertiary alicyclic amines) is 1. The molecule has 2 aliphatic heterocycles. The normalized spacial score (nSPS) is 32.1. The fourth-order valence-electron chi connectivity index (χ4n) is 3.76. The molecule has 3 heteroatoms. The van der Waals surface area contributed by atoms with E-state index in [1.165, 1.54) is 0 Å². The van der Waals surface area contributed by atoms with Crippen molar-refractivity contribution in [3.05, 3.63) is 12.3 Å². The van der Waals surface area contributed by atoms with E-state index in [0.29, 0.717) is 18.4 Å². The summed E-state index contributed by atoms with van der Waals surface area (Å²) < 4.78 is 0. The molecule has 2 rings (SSSR count). The summed E-state index contributed by atoms with van der Waals surface area (Å²) in [6, 6.07) is 0.293. The van der Waals surface area contributed by atoms with Crippen LogP contribution in [0.4, 0.5) is 0 Å². The zero-order valence-electron chi connectivity index (χ0n) is 12.3. The topological polar surface area (TPSA) is 32.3 Å². The van der Waals surface area contributed by atoms with Gasteiger partial charge in [0.25, 0.3) is 0 Å². The molecular formula is C15H26N2O. The largest absolute Gasteiger partial charge is 0.313 e. The summed E-state index contributed by atoms with van der Waals surface area (Å²) in [4.78, 5) is 14.1. The van der Waals surface area contributed by atoms with Gasteiger partial charge in [-0.2, -0.15) is 0 Å². The van der Waals surface area contributed by atoms with E-state index in [1.807, 2.05) is 4.90 Å². The van der Waals surface area contributed by atoms with Gasteiger partial charge in [-0.25, -0.2) is 0 Å². The molecular weight excluding hydrogens is 224 g/mol. The van der Waals surface area contributed by atoms with Gasteiger partial charge in [0.1, 0.15) is 0 Å². The van der Waals surface area contributed by atoms with Crippen LogP contribution in [0.3, 0.4) is 0 Å². The lowest BCUT2D eigenvalue weighted by Gasteiger charge is -2.49. The summed E-state index contributed by atoms with van der Waals surface area (Å²) in [5.41, 5.74) is 1.15. The van der Waals surface area contributed by atoms with E-state index >= 15 is 0 Å². The van der Waals surface area contributed by atoms with E-state index in [4.69, 9.17) is 0 Å². The predicted molar refractivity (Wildman–Crippen MR) is 74.1 cm³/mol. The van der Waals surface area contributed by atoms with Crippen LogP contribution in [-0.2, 0) is 4.79 Å². The second-order valence-electron chi connectivity index (χ2n) is 7.32. The van der Waals surface area contributed by atoms with Gasteiger partial charge >= 0.3 is 0 Å². The van der Waals surface area contributed by atoms with Gasteiger partial charge in [0.2, 0.25) is 5.91 Å². The molecule has 1 N–H and O–H groups in total. The van der Waals surface area contributed by atoms with Crippen molar-refractivity contribution in [1.29, 1.82) is 0 Å². The van der Waals surface area contributed by atoms with Crippen LogP contribution < -0.4 is 5.32 Å². The highest BCUT2D eigenvalue weighted by Crippen LogP contribution is 2.38. The van der Waals surface area contributed by atoms with Gasteiger partial charge in [-0.05, 0) is 40.5 Å². The Labute approximate surface area is 111 Å². The Morgan fingerprint density at radius 2 is 1.72 bits per heavy atom. The van der Waals surface area contributed by atoms with Crippen molar-refractivity contribution in [2.45, 2.75) is 71.0 Å². The number of nitrogens with one attached hydrogen (secondary N) is 1. The molecule has 0 aliphatic carbocycles. The van der Waals surface area contributed by atoms with Crippen molar-refractivity contribution in [3.8, 4) is 0 Å². The molecule has 3 nitrogen and oxygen atoms in total. The van der Waals surface area contributed by atoms with Crippen molar-refractivity contribution < 1.29 is 4.79 Å². The fourth-order valence-corrected chi connectivity index (χ4v) is 3.76. The van der Waals surface area contributed by atoms with Crippen LogP contribution in [-0.4, -0.2) is 27.9 Å². The number of carbonyl (C=O) groups excluding carboxylic acids is 1. The van der Waals surface area contributed by atoms with Crippen molar-refractivity contribution in [1.82, 2.24) is 10.2 Å². The lowest BCUT2D eigenvalue weighted by Crippen LogP contribution is -2.62. The first-order valence-electron chi connectivity index (χ1n) is 6.91. The Balaban J connectivity index is 2.23. The number of rotatable bonds is 1. The second kappa shape index (κ2) is 4.09. The first-order valence-corrected chi connectivity index (χ1v) is 6.91. The summed E-state index contributed by atoms with van der Waals surface area (Å²) in [7, 11) is 0. The van der Waals surface area contributed by atoms with Crippen molar-refractivity contribution in [2.24, 2.45) is 5.92 Å². The smallest absolute Gasteiger partial charge is 0.227 e. The van der Waals surface area contributed by atoms with Gasteiger partial charge in [0.15, 0.2) is 0 Å². The van der Waals surface area contributed by atoms with E-state index in [0.717, 1.165) is 18.5 Å². The van der Waals surface area contributed by atoms with Gasteiger partial charge in [-0.15, -0.1) is 0 Å². The molecule has 0 aromatic carbocycles. The lowest BCUT2D eigenvalue weighted by molar-refractivity contribution is -0.129. The molecule has 1 amide bonds. The molecule has 102 valence electrons. The molecule has 2 fully saturated rings. The summed E-state index contributed by atoms with van der Waals surface area (Å²) >= 11 is 0. The molecule has 1 unspecified atom stereocenters. The monoisotopic (exact) mass is 250 g/mol. The van der Waals surface area contributed by atoms with Crippen LogP contribution in [0.1, 0.15) is 53.9 Å². The zero-order chi connectivity index (χ0) is 13.7. The highest BCUT2D eigenvalue weighted by Gasteiger charge is 2.44. The third-order valence-corrected chi connectivity index (χ3v) is 4.16. The molecule has 18 heavy (non-hydrogen) atoms. The number of amides is 1. The first kappa shape index (κ1) is 13.6. The standard InChI is InChI=1S/C15H26N2O/c1-10-7-13(18)17(11(10)2)12-8-14(3,4)16-15(5,6)9-12/h10,12,16H,2,7-9H2,1,3-6H3. The Bertz CT molecular complexity index is 368. The second-order valence-corrected chi connectivity index (χ2v) is 7.32.